The molecule has 154 valence electrons. The summed E-state index contributed by atoms with van der Waals surface area (Å²) in [6.45, 7) is 0.206. The first-order chi connectivity index (χ1) is 14.6. The maximum Gasteiger partial charge on any atom is 0.254 e. The smallest absolute Gasteiger partial charge is 0.254 e. The molecule has 1 atom stereocenters. The van der Waals surface area contributed by atoms with Gasteiger partial charge >= 0.3 is 0 Å². The van der Waals surface area contributed by atoms with Crippen LogP contribution in [0.15, 0.2) is 66.7 Å². The van der Waals surface area contributed by atoms with Crippen molar-refractivity contribution in [1.82, 2.24) is 5.32 Å². The van der Waals surface area contributed by atoms with Crippen LogP contribution in [0.5, 0.6) is 17.2 Å². The summed E-state index contributed by atoms with van der Waals surface area (Å²) in [6.07, 6.45) is 1.14. The average Bonchev–Trinajstić information content (AvgIpc) is 3.22. The third-order valence-electron chi connectivity index (χ3n) is 5.01. The first-order valence-corrected chi connectivity index (χ1v) is 9.69. The van der Waals surface area contributed by atoms with Crippen LogP contribution in [0.25, 0.3) is 0 Å². The third kappa shape index (κ3) is 4.54. The lowest BCUT2D eigenvalue weighted by molar-refractivity contribution is 0.0932. The van der Waals surface area contributed by atoms with E-state index >= 15 is 0 Å². The van der Waals surface area contributed by atoms with Crippen molar-refractivity contribution in [1.29, 1.82) is 0 Å². The Bertz CT molecular complexity index is 1040. The second-order valence-corrected chi connectivity index (χ2v) is 7.09. The summed E-state index contributed by atoms with van der Waals surface area (Å²) in [6, 6.07) is 19.1. The van der Waals surface area contributed by atoms with E-state index < -0.39 is 11.7 Å². The Labute approximate surface area is 174 Å². The molecule has 0 saturated heterocycles. The Hall–Kier alpha value is -3.54. The maximum absolute atomic E-state index is 14.1. The van der Waals surface area contributed by atoms with Gasteiger partial charge in [0.1, 0.15) is 11.6 Å². The largest absolute Gasteiger partial charge is 0.497 e. The van der Waals surface area contributed by atoms with Crippen LogP contribution in [0.1, 0.15) is 21.5 Å². The van der Waals surface area contributed by atoms with Gasteiger partial charge in [-0.25, -0.2) is 4.39 Å². The fourth-order valence-corrected chi connectivity index (χ4v) is 3.48. The van der Waals surface area contributed by atoms with E-state index in [2.05, 4.69) is 5.32 Å². The molecule has 3 aromatic carbocycles. The van der Waals surface area contributed by atoms with Gasteiger partial charge in [0.2, 0.25) is 6.79 Å². The van der Waals surface area contributed by atoms with Gasteiger partial charge in [-0.2, -0.15) is 0 Å². The maximum atomic E-state index is 14.1. The third-order valence-corrected chi connectivity index (χ3v) is 5.01. The van der Waals surface area contributed by atoms with E-state index in [1.165, 1.54) is 12.1 Å². The molecular formula is C24H22FNO4. The van der Waals surface area contributed by atoms with Crippen LogP contribution in [0.2, 0.25) is 0 Å². The molecule has 0 aliphatic carbocycles. The van der Waals surface area contributed by atoms with Crippen LogP contribution >= 0.6 is 0 Å². The van der Waals surface area contributed by atoms with E-state index in [0.717, 1.165) is 16.9 Å². The summed E-state index contributed by atoms with van der Waals surface area (Å²) in [7, 11) is 1.62. The molecule has 0 fully saturated rings. The molecule has 1 heterocycles. The van der Waals surface area contributed by atoms with Gasteiger partial charge in [-0.1, -0.05) is 30.3 Å². The predicted molar refractivity (Wildman–Crippen MR) is 111 cm³/mol. The molecule has 6 heteroatoms. The minimum atomic E-state index is -0.540. The molecule has 5 nitrogen and oxygen atoms in total. The SMILES string of the molecule is COc1ccc(CC(Cc2ccc3c(c2)OCO3)NC(=O)c2ccccc2F)cc1. The van der Waals surface area contributed by atoms with Gasteiger partial charge in [0.05, 0.1) is 12.7 Å². The van der Waals surface area contributed by atoms with E-state index in [9.17, 15) is 9.18 Å². The summed E-state index contributed by atoms with van der Waals surface area (Å²) in [4.78, 5) is 12.7. The van der Waals surface area contributed by atoms with Gasteiger partial charge in [0.15, 0.2) is 11.5 Å². The second-order valence-electron chi connectivity index (χ2n) is 7.09. The van der Waals surface area contributed by atoms with Crippen molar-refractivity contribution in [3.63, 3.8) is 0 Å². The van der Waals surface area contributed by atoms with Crippen molar-refractivity contribution in [2.75, 3.05) is 13.9 Å². The van der Waals surface area contributed by atoms with Gasteiger partial charge in [0, 0.05) is 6.04 Å². The molecule has 0 aromatic heterocycles. The Kier molecular flexibility index (Phi) is 5.84. The highest BCUT2D eigenvalue weighted by atomic mass is 19.1. The highest BCUT2D eigenvalue weighted by Gasteiger charge is 2.20. The molecule has 30 heavy (non-hydrogen) atoms. The van der Waals surface area contributed by atoms with E-state index in [1.54, 1.807) is 19.2 Å². The monoisotopic (exact) mass is 407 g/mol. The van der Waals surface area contributed by atoms with Crippen LogP contribution in [-0.2, 0) is 12.8 Å². The topological polar surface area (TPSA) is 56.8 Å². The van der Waals surface area contributed by atoms with Gasteiger partial charge in [-0.15, -0.1) is 0 Å². The van der Waals surface area contributed by atoms with Crippen molar-refractivity contribution in [3.05, 3.63) is 89.2 Å². The molecule has 0 bridgehead atoms. The minimum Gasteiger partial charge on any atom is -0.497 e. The highest BCUT2D eigenvalue weighted by Crippen LogP contribution is 2.33. The summed E-state index contributed by atoms with van der Waals surface area (Å²) >= 11 is 0. The van der Waals surface area contributed by atoms with Gasteiger partial charge in [-0.05, 0) is 60.4 Å². The summed E-state index contributed by atoms with van der Waals surface area (Å²) in [5.41, 5.74) is 2.06. The molecule has 1 aliphatic rings. The fourth-order valence-electron chi connectivity index (χ4n) is 3.48. The van der Waals surface area contributed by atoms with Crippen LogP contribution in [-0.4, -0.2) is 25.9 Å². The molecule has 1 amide bonds. The molecule has 3 aromatic rings. The summed E-state index contributed by atoms with van der Waals surface area (Å²) in [5.74, 6) is 1.19. The standard InChI is InChI=1S/C24H22FNO4/c1-28-19-9-6-16(7-10-19)12-18(26-24(27)20-4-2-3-5-21(20)25)13-17-8-11-22-23(14-17)30-15-29-22/h2-11,14,18H,12-13,15H2,1H3,(H,26,27). The number of benzene rings is 3. The number of amides is 1. The number of carbonyl (C=O) groups is 1. The zero-order valence-electron chi connectivity index (χ0n) is 16.6. The van der Waals surface area contributed by atoms with Crippen LogP contribution < -0.4 is 19.5 Å². The fraction of sp³-hybridized carbons (Fsp3) is 0.208. The zero-order chi connectivity index (χ0) is 20.9. The lowest BCUT2D eigenvalue weighted by atomic mass is 9.98. The quantitative estimate of drug-likeness (QED) is 0.639. The van der Waals surface area contributed by atoms with Crippen molar-refractivity contribution >= 4 is 5.91 Å². The molecule has 0 radical (unpaired) electrons. The van der Waals surface area contributed by atoms with Crippen LogP contribution in [0.4, 0.5) is 4.39 Å². The Morgan fingerprint density at radius 1 is 1.00 bits per heavy atom. The van der Waals surface area contributed by atoms with E-state index in [0.29, 0.717) is 24.3 Å². The second kappa shape index (κ2) is 8.86. The number of rotatable bonds is 7. The van der Waals surface area contributed by atoms with Crippen molar-refractivity contribution in [3.8, 4) is 17.2 Å². The molecule has 1 aliphatic heterocycles. The first-order valence-electron chi connectivity index (χ1n) is 9.69. The number of fused-ring (bicyclic) bond motifs is 1. The van der Waals surface area contributed by atoms with Crippen LogP contribution in [0.3, 0.4) is 0 Å². The number of hydrogen-bond donors (Lipinski definition) is 1. The normalized spacial score (nSPS) is 13.0. The Balaban J connectivity index is 1.55. The van der Waals surface area contributed by atoms with E-state index in [-0.39, 0.29) is 18.4 Å². The van der Waals surface area contributed by atoms with Gasteiger partial charge in [0.25, 0.3) is 5.91 Å². The van der Waals surface area contributed by atoms with Gasteiger partial charge in [-0.3, -0.25) is 4.79 Å². The van der Waals surface area contributed by atoms with Crippen molar-refractivity contribution in [2.45, 2.75) is 18.9 Å². The lowest BCUT2D eigenvalue weighted by Crippen LogP contribution is -2.38. The first kappa shape index (κ1) is 19.8. The molecule has 0 saturated carbocycles. The zero-order valence-corrected chi connectivity index (χ0v) is 16.6. The van der Waals surface area contributed by atoms with Gasteiger partial charge < -0.3 is 19.5 Å². The highest BCUT2D eigenvalue weighted by molar-refractivity contribution is 5.94. The number of methoxy groups -OCH3 is 1. The Morgan fingerprint density at radius 3 is 2.47 bits per heavy atom. The van der Waals surface area contributed by atoms with Crippen molar-refractivity contribution < 1.29 is 23.4 Å². The molecule has 0 spiro atoms. The minimum absolute atomic E-state index is 0.0305. The molecule has 4 rings (SSSR count). The number of hydrogen-bond acceptors (Lipinski definition) is 4. The van der Waals surface area contributed by atoms with E-state index in [4.69, 9.17) is 14.2 Å². The summed E-state index contributed by atoms with van der Waals surface area (Å²) in [5, 5.41) is 2.99. The Morgan fingerprint density at radius 2 is 1.70 bits per heavy atom. The molecular weight excluding hydrogens is 385 g/mol. The molecule has 1 N–H and O–H groups in total. The lowest BCUT2D eigenvalue weighted by Gasteiger charge is -2.20. The summed E-state index contributed by atoms with van der Waals surface area (Å²) < 4.78 is 30.1. The number of nitrogens with one attached hydrogen (secondary N) is 1. The van der Waals surface area contributed by atoms with Crippen LogP contribution in [0, 0.1) is 5.82 Å². The number of halogens is 1. The average molecular weight is 407 g/mol. The molecule has 1 unspecified atom stereocenters. The number of carbonyl (C=O) groups excluding carboxylic acids is 1. The van der Waals surface area contributed by atoms with E-state index in [1.807, 2.05) is 42.5 Å². The predicted octanol–water partition coefficient (Wildman–Crippen LogP) is 4.15. The number of ether oxygens (including phenoxy) is 3. The van der Waals surface area contributed by atoms with Crippen molar-refractivity contribution in [2.24, 2.45) is 0 Å².